The number of hydrogen-bond acceptors (Lipinski definition) is 3. The van der Waals surface area contributed by atoms with Crippen LogP contribution in [0.1, 0.15) is 42.4 Å². The lowest BCUT2D eigenvalue weighted by Crippen LogP contribution is -2.31. The Labute approximate surface area is 167 Å². The minimum absolute atomic E-state index is 0.116. The summed E-state index contributed by atoms with van der Waals surface area (Å²) >= 11 is 0. The van der Waals surface area contributed by atoms with E-state index < -0.39 is 10.0 Å². The Bertz CT molecular complexity index is 929. The Kier molecular flexibility index (Phi) is 6.52. The highest BCUT2D eigenvalue weighted by molar-refractivity contribution is 7.89. The van der Waals surface area contributed by atoms with E-state index in [2.05, 4.69) is 11.4 Å². The van der Waals surface area contributed by atoms with Gasteiger partial charge in [-0.2, -0.15) is 4.31 Å². The zero-order valence-electron chi connectivity index (χ0n) is 16.6. The Morgan fingerprint density at radius 1 is 0.964 bits per heavy atom. The fourth-order valence-electron chi connectivity index (χ4n) is 3.56. The molecule has 5 nitrogen and oxygen atoms in total. The molecule has 0 atom stereocenters. The van der Waals surface area contributed by atoms with Crippen molar-refractivity contribution < 1.29 is 13.2 Å². The number of aryl methyl sites for hydroxylation is 2. The lowest BCUT2D eigenvalue weighted by molar-refractivity contribution is -0.115. The van der Waals surface area contributed by atoms with Gasteiger partial charge in [-0.05, 0) is 62.1 Å². The fourth-order valence-corrected chi connectivity index (χ4v) is 5.08. The van der Waals surface area contributed by atoms with Crippen LogP contribution in [0, 0.1) is 13.8 Å². The molecule has 0 radical (unpaired) electrons. The first-order valence-corrected chi connectivity index (χ1v) is 11.3. The van der Waals surface area contributed by atoms with E-state index in [0.717, 1.165) is 36.8 Å². The van der Waals surface area contributed by atoms with Gasteiger partial charge in [-0.3, -0.25) is 4.79 Å². The lowest BCUT2D eigenvalue weighted by Gasteiger charge is -2.20. The maximum Gasteiger partial charge on any atom is 0.243 e. The molecule has 0 bridgehead atoms. The van der Waals surface area contributed by atoms with Crippen LogP contribution in [0.5, 0.6) is 0 Å². The molecular formula is C22H28N2O3S. The fraction of sp³-hybridized carbons (Fsp3) is 0.409. The third-order valence-corrected chi connectivity index (χ3v) is 7.10. The minimum Gasteiger partial charge on any atom is -0.326 e. The molecule has 6 heteroatoms. The average molecular weight is 401 g/mol. The molecule has 0 aromatic heterocycles. The Hall–Kier alpha value is -2.18. The number of anilines is 1. The zero-order valence-corrected chi connectivity index (χ0v) is 17.4. The number of sulfonamides is 1. The number of hydrogen-bond donors (Lipinski definition) is 1. The summed E-state index contributed by atoms with van der Waals surface area (Å²) in [4.78, 5) is 12.6. The average Bonchev–Trinajstić information content (AvgIpc) is 2.94. The van der Waals surface area contributed by atoms with Crippen LogP contribution in [0.15, 0.2) is 47.4 Å². The number of rotatable bonds is 5. The normalized spacial score (nSPS) is 15.8. The standard InChI is InChI=1S/C22H28N2O3S/c1-17-7-8-19(18(2)15-17)16-22(25)23-20-9-11-21(12-10-20)28(26,27)24-13-5-3-4-6-14-24/h7-12,15H,3-6,13-14,16H2,1-2H3,(H,23,25). The molecule has 0 unspecified atom stereocenters. The van der Waals surface area contributed by atoms with Crippen LogP contribution in [0.25, 0.3) is 0 Å². The summed E-state index contributed by atoms with van der Waals surface area (Å²) in [6, 6.07) is 12.5. The first kappa shape index (κ1) is 20.6. The molecule has 150 valence electrons. The van der Waals surface area contributed by atoms with Crippen molar-refractivity contribution >= 4 is 21.6 Å². The van der Waals surface area contributed by atoms with Gasteiger partial charge in [0.05, 0.1) is 11.3 Å². The molecule has 1 aliphatic heterocycles. The third-order valence-electron chi connectivity index (χ3n) is 5.19. The second-order valence-electron chi connectivity index (χ2n) is 7.50. The molecule has 1 aliphatic rings. The van der Waals surface area contributed by atoms with Gasteiger partial charge >= 0.3 is 0 Å². The van der Waals surface area contributed by atoms with Crippen molar-refractivity contribution in [2.75, 3.05) is 18.4 Å². The van der Waals surface area contributed by atoms with Crippen LogP contribution < -0.4 is 5.32 Å². The van der Waals surface area contributed by atoms with E-state index in [1.807, 2.05) is 26.0 Å². The summed E-state index contributed by atoms with van der Waals surface area (Å²) in [7, 11) is -3.47. The maximum atomic E-state index is 12.8. The van der Waals surface area contributed by atoms with E-state index in [9.17, 15) is 13.2 Å². The summed E-state index contributed by atoms with van der Waals surface area (Å²) in [5.74, 6) is -0.116. The quantitative estimate of drug-likeness (QED) is 0.823. The highest BCUT2D eigenvalue weighted by atomic mass is 32.2. The second-order valence-corrected chi connectivity index (χ2v) is 9.44. The van der Waals surface area contributed by atoms with Gasteiger partial charge in [-0.1, -0.05) is 36.6 Å². The highest BCUT2D eigenvalue weighted by Gasteiger charge is 2.24. The molecule has 0 spiro atoms. The number of nitrogens with one attached hydrogen (secondary N) is 1. The molecule has 1 fully saturated rings. The SMILES string of the molecule is Cc1ccc(CC(=O)Nc2ccc(S(=O)(=O)N3CCCCCC3)cc2)c(C)c1. The van der Waals surface area contributed by atoms with Gasteiger partial charge in [0.1, 0.15) is 0 Å². The van der Waals surface area contributed by atoms with E-state index >= 15 is 0 Å². The second kappa shape index (κ2) is 8.88. The first-order chi connectivity index (χ1) is 13.4. The smallest absolute Gasteiger partial charge is 0.243 e. The first-order valence-electron chi connectivity index (χ1n) is 9.82. The van der Waals surface area contributed by atoms with Crippen LogP contribution in [0.2, 0.25) is 0 Å². The van der Waals surface area contributed by atoms with Gasteiger partial charge in [-0.25, -0.2) is 8.42 Å². The highest BCUT2D eigenvalue weighted by Crippen LogP contribution is 2.22. The molecule has 1 saturated heterocycles. The third kappa shape index (κ3) is 5.00. The largest absolute Gasteiger partial charge is 0.326 e. The van der Waals surface area contributed by atoms with Gasteiger partial charge in [0.25, 0.3) is 0 Å². The van der Waals surface area contributed by atoms with Crippen molar-refractivity contribution in [1.29, 1.82) is 0 Å². The monoisotopic (exact) mass is 400 g/mol. The topological polar surface area (TPSA) is 66.5 Å². The molecule has 2 aromatic carbocycles. The van der Waals surface area contributed by atoms with Crippen molar-refractivity contribution in [3.05, 3.63) is 59.2 Å². The van der Waals surface area contributed by atoms with Crippen LogP contribution in [-0.2, 0) is 21.2 Å². The van der Waals surface area contributed by atoms with Crippen molar-refractivity contribution in [2.45, 2.75) is 50.8 Å². The van der Waals surface area contributed by atoms with Gasteiger partial charge < -0.3 is 5.32 Å². The molecule has 1 N–H and O–H groups in total. The van der Waals surface area contributed by atoms with E-state index in [0.29, 0.717) is 25.2 Å². The lowest BCUT2D eigenvalue weighted by atomic mass is 10.0. The number of amides is 1. The van der Waals surface area contributed by atoms with E-state index in [-0.39, 0.29) is 10.8 Å². The maximum absolute atomic E-state index is 12.8. The number of benzene rings is 2. The Morgan fingerprint density at radius 2 is 1.61 bits per heavy atom. The van der Waals surface area contributed by atoms with Gasteiger partial charge in [0.2, 0.25) is 15.9 Å². The van der Waals surface area contributed by atoms with Gasteiger partial charge in [0, 0.05) is 18.8 Å². The number of nitrogens with zero attached hydrogens (tertiary/aromatic N) is 1. The molecule has 1 heterocycles. The van der Waals surface area contributed by atoms with E-state index in [1.165, 1.54) is 5.56 Å². The predicted molar refractivity (Wildman–Crippen MR) is 112 cm³/mol. The van der Waals surface area contributed by atoms with E-state index in [1.54, 1.807) is 28.6 Å². The number of carbonyl (C=O) groups excluding carboxylic acids is 1. The summed E-state index contributed by atoms with van der Waals surface area (Å²) in [5.41, 5.74) is 3.85. The van der Waals surface area contributed by atoms with Gasteiger partial charge in [0.15, 0.2) is 0 Å². The Balaban J connectivity index is 1.66. The van der Waals surface area contributed by atoms with Crippen molar-refractivity contribution in [2.24, 2.45) is 0 Å². The molecular weight excluding hydrogens is 372 g/mol. The molecule has 0 saturated carbocycles. The summed E-state index contributed by atoms with van der Waals surface area (Å²) in [5, 5.41) is 2.85. The molecule has 2 aromatic rings. The zero-order chi connectivity index (χ0) is 20.1. The molecule has 1 amide bonds. The molecule has 0 aliphatic carbocycles. The predicted octanol–water partition coefficient (Wildman–Crippen LogP) is 4.05. The van der Waals surface area contributed by atoms with Crippen LogP contribution >= 0.6 is 0 Å². The van der Waals surface area contributed by atoms with Crippen LogP contribution in [0.4, 0.5) is 5.69 Å². The Morgan fingerprint density at radius 3 is 2.21 bits per heavy atom. The summed E-state index contributed by atoms with van der Waals surface area (Å²) in [6.07, 6.45) is 4.27. The van der Waals surface area contributed by atoms with Crippen LogP contribution in [-0.4, -0.2) is 31.7 Å². The van der Waals surface area contributed by atoms with Crippen molar-refractivity contribution in [1.82, 2.24) is 4.31 Å². The number of carbonyl (C=O) groups is 1. The minimum atomic E-state index is -3.47. The van der Waals surface area contributed by atoms with Crippen LogP contribution in [0.3, 0.4) is 0 Å². The molecule has 28 heavy (non-hydrogen) atoms. The van der Waals surface area contributed by atoms with Crippen molar-refractivity contribution in [3.8, 4) is 0 Å². The summed E-state index contributed by atoms with van der Waals surface area (Å²) in [6.45, 7) is 5.18. The summed E-state index contributed by atoms with van der Waals surface area (Å²) < 4.78 is 27.2. The molecule has 3 rings (SSSR count). The van der Waals surface area contributed by atoms with Crippen molar-refractivity contribution in [3.63, 3.8) is 0 Å². The van der Waals surface area contributed by atoms with E-state index in [4.69, 9.17) is 0 Å². The van der Waals surface area contributed by atoms with Gasteiger partial charge in [-0.15, -0.1) is 0 Å².